The van der Waals surface area contributed by atoms with E-state index in [1.807, 2.05) is 37.7 Å². The van der Waals surface area contributed by atoms with Crippen molar-refractivity contribution in [2.24, 2.45) is 0 Å². The topological polar surface area (TPSA) is 20.2 Å². The maximum Gasteiger partial charge on any atom is 0.0851 e. The van der Waals surface area contributed by atoms with Gasteiger partial charge >= 0.3 is 0 Å². The smallest absolute Gasteiger partial charge is 0.0851 e. The van der Waals surface area contributed by atoms with Crippen LogP contribution in [0.2, 0.25) is 0 Å². The van der Waals surface area contributed by atoms with Crippen LogP contribution in [-0.4, -0.2) is 10.4 Å². The molecule has 0 aromatic heterocycles. The van der Waals surface area contributed by atoms with Gasteiger partial charge < -0.3 is 5.11 Å². The zero-order chi connectivity index (χ0) is 10.3. The molecular formula is C12H16OS. The zero-order valence-corrected chi connectivity index (χ0v) is 9.69. The standard InChI is InChI=1S/C12H16OS/c1-8-7-9-5-4-6-10(11(9)14-8)12(2,3)13/h4-6,8,13H,7H2,1-3H3. The van der Waals surface area contributed by atoms with Gasteiger partial charge in [-0.2, -0.15) is 0 Å². The van der Waals surface area contributed by atoms with Crippen LogP contribution in [0.15, 0.2) is 23.1 Å². The molecule has 14 heavy (non-hydrogen) atoms. The van der Waals surface area contributed by atoms with Crippen LogP contribution >= 0.6 is 11.8 Å². The Morgan fingerprint density at radius 3 is 2.79 bits per heavy atom. The Morgan fingerprint density at radius 1 is 1.43 bits per heavy atom. The number of aliphatic hydroxyl groups is 1. The molecule has 76 valence electrons. The van der Waals surface area contributed by atoms with Gasteiger partial charge in [0.2, 0.25) is 0 Å². The molecule has 1 aliphatic rings. The van der Waals surface area contributed by atoms with Crippen molar-refractivity contribution in [1.82, 2.24) is 0 Å². The quantitative estimate of drug-likeness (QED) is 0.765. The zero-order valence-electron chi connectivity index (χ0n) is 8.87. The Kier molecular flexibility index (Phi) is 2.36. The number of thioether (sulfide) groups is 1. The Morgan fingerprint density at radius 2 is 2.14 bits per heavy atom. The van der Waals surface area contributed by atoms with E-state index in [4.69, 9.17) is 0 Å². The van der Waals surface area contributed by atoms with Crippen molar-refractivity contribution >= 4 is 11.8 Å². The van der Waals surface area contributed by atoms with Crippen molar-refractivity contribution in [2.45, 2.75) is 42.9 Å². The van der Waals surface area contributed by atoms with E-state index in [0.29, 0.717) is 5.25 Å². The summed E-state index contributed by atoms with van der Waals surface area (Å²) >= 11 is 1.88. The van der Waals surface area contributed by atoms with Gasteiger partial charge in [-0.3, -0.25) is 0 Å². The van der Waals surface area contributed by atoms with Gasteiger partial charge in [-0.25, -0.2) is 0 Å². The second-order valence-corrected chi connectivity index (χ2v) is 5.93. The second-order valence-electron chi connectivity index (χ2n) is 4.49. The van der Waals surface area contributed by atoms with Crippen LogP contribution < -0.4 is 0 Å². The first kappa shape index (κ1) is 10.1. The van der Waals surface area contributed by atoms with Crippen molar-refractivity contribution < 1.29 is 5.11 Å². The number of rotatable bonds is 1. The highest BCUT2D eigenvalue weighted by Gasteiger charge is 2.27. The third-order valence-electron chi connectivity index (χ3n) is 2.58. The summed E-state index contributed by atoms with van der Waals surface area (Å²) in [4.78, 5) is 1.30. The summed E-state index contributed by atoms with van der Waals surface area (Å²) in [6.07, 6.45) is 1.13. The van der Waals surface area contributed by atoms with Crippen molar-refractivity contribution in [3.05, 3.63) is 29.3 Å². The minimum Gasteiger partial charge on any atom is -0.386 e. The lowest BCUT2D eigenvalue weighted by molar-refractivity contribution is 0.0757. The number of benzene rings is 1. The molecule has 1 aliphatic heterocycles. The molecule has 1 aromatic rings. The highest BCUT2D eigenvalue weighted by Crippen LogP contribution is 2.42. The molecule has 2 heteroatoms. The van der Waals surface area contributed by atoms with Gasteiger partial charge in [0.1, 0.15) is 0 Å². The second kappa shape index (κ2) is 3.28. The largest absolute Gasteiger partial charge is 0.386 e. The maximum atomic E-state index is 10.0. The number of hydrogen-bond acceptors (Lipinski definition) is 2. The average Bonchev–Trinajstić information content (AvgIpc) is 2.41. The van der Waals surface area contributed by atoms with Crippen LogP contribution in [-0.2, 0) is 12.0 Å². The molecular weight excluding hydrogens is 192 g/mol. The van der Waals surface area contributed by atoms with Crippen molar-refractivity contribution in [3.8, 4) is 0 Å². The van der Waals surface area contributed by atoms with Gasteiger partial charge in [-0.05, 0) is 31.4 Å². The first-order valence-electron chi connectivity index (χ1n) is 5.00. The highest BCUT2D eigenvalue weighted by atomic mass is 32.2. The van der Waals surface area contributed by atoms with Gasteiger partial charge in [-0.1, -0.05) is 25.1 Å². The first-order chi connectivity index (χ1) is 6.48. The van der Waals surface area contributed by atoms with Crippen molar-refractivity contribution in [3.63, 3.8) is 0 Å². The van der Waals surface area contributed by atoms with Gasteiger partial charge in [0.25, 0.3) is 0 Å². The molecule has 1 unspecified atom stereocenters. The summed E-state index contributed by atoms with van der Waals surface area (Å²) in [6.45, 7) is 5.94. The fourth-order valence-corrected chi connectivity index (χ4v) is 3.33. The molecule has 1 atom stereocenters. The third kappa shape index (κ3) is 1.69. The van der Waals surface area contributed by atoms with Crippen LogP contribution in [0.3, 0.4) is 0 Å². The molecule has 1 aromatic carbocycles. The monoisotopic (exact) mass is 208 g/mol. The molecule has 0 saturated heterocycles. The molecule has 1 heterocycles. The summed E-state index contributed by atoms with van der Waals surface area (Å²) in [7, 11) is 0. The molecule has 2 rings (SSSR count). The summed E-state index contributed by atoms with van der Waals surface area (Å²) < 4.78 is 0. The summed E-state index contributed by atoms with van der Waals surface area (Å²) in [5.74, 6) is 0. The normalized spacial score (nSPS) is 21.0. The molecule has 0 amide bonds. The molecule has 0 aliphatic carbocycles. The predicted molar refractivity (Wildman–Crippen MR) is 60.7 cm³/mol. The van der Waals surface area contributed by atoms with E-state index >= 15 is 0 Å². The molecule has 1 nitrogen and oxygen atoms in total. The molecule has 0 radical (unpaired) electrons. The summed E-state index contributed by atoms with van der Waals surface area (Å²) in [5, 5.41) is 10.7. The number of fused-ring (bicyclic) bond motifs is 1. The van der Waals surface area contributed by atoms with Gasteiger partial charge in [-0.15, -0.1) is 11.8 Å². The number of hydrogen-bond donors (Lipinski definition) is 1. The average molecular weight is 208 g/mol. The fourth-order valence-electron chi connectivity index (χ4n) is 1.92. The van der Waals surface area contributed by atoms with Gasteiger partial charge in [0.15, 0.2) is 0 Å². The van der Waals surface area contributed by atoms with E-state index in [1.165, 1.54) is 10.5 Å². The molecule has 0 bridgehead atoms. The van der Waals surface area contributed by atoms with Crippen molar-refractivity contribution in [1.29, 1.82) is 0 Å². The van der Waals surface area contributed by atoms with E-state index in [1.54, 1.807) is 0 Å². The van der Waals surface area contributed by atoms with Crippen LogP contribution in [0.25, 0.3) is 0 Å². The molecule has 0 saturated carbocycles. The molecule has 0 fully saturated rings. The van der Waals surface area contributed by atoms with E-state index in [2.05, 4.69) is 13.0 Å². The van der Waals surface area contributed by atoms with E-state index in [0.717, 1.165) is 12.0 Å². The third-order valence-corrected chi connectivity index (χ3v) is 3.87. The van der Waals surface area contributed by atoms with Crippen LogP contribution in [0, 0.1) is 0 Å². The van der Waals surface area contributed by atoms with E-state index in [9.17, 15) is 5.11 Å². The molecule has 1 N–H and O–H groups in total. The summed E-state index contributed by atoms with van der Waals surface area (Å²) in [5.41, 5.74) is 1.74. The van der Waals surface area contributed by atoms with Crippen LogP contribution in [0.5, 0.6) is 0 Å². The lowest BCUT2D eigenvalue weighted by atomic mass is 9.95. The minimum atomic E-state index is -0.720. The lowest BCUT2D eigenvalue weighted by Crippen LogP contribution is -2.16. The summed E-state index contributed by atoms with van der Waals surface area (Å²) in [6, 6.07) is 6.25. The fraction of sp³-hybridized carbons (Fsp3) is 0.500. The minimum absolute atomic E-state index is 0.647. The maximum absolute atomic E-state index is 10.0. The Labute approximate surface area is 89.5 Å². The lowest BCUT2D eigenvalue weighted by Gasteiger charge is -2.20. The van der Waals surface area contributed by atoms with Crippen molar-refractivity contribution in [2.75, 3.05) is 0 Å². The highest BCUT2D eigenvalue weighted by molar-refractivity contribution is 8.00. The Hall–Kier alpha value is -0.470. The predicted octanol–water partition coefficient (Wildman–Crippen LogP) is 2.95. The van der Waals surface area contributed by atoms with E-state index < -0.39 is 5.60 Å². The van der Waals surface area contributed by atoms with Gasteiger partial charge in [0.05, 0.1) is 5.60 Å². The molecule has 0 spiro atoms. The Balaban J connectivity index is 2.50. The van der Waals surface area contributed by atoms with Crippen LogP contribution in [0.4, 0.5) is 0 Å². The van der Waals surface area contributed by atoms with Crippen LogP contribution in [0.1, 0.15) is 31.9 Å². The Bertz CT molecular complexity index is 352. The van der Waals surface area contributed by atoms with Gasteiger partial charge in [0, 0.05) is 10.1 Å². The SMILES string of the molecule is CC1Cc2cccc(C(C)(C)O)c2S1. The van der Waals surface area contributed by atoms with E-state index in [-0.39, 0.29) is 0 Å². The first-order valence-corrected chi connectivity index (χ1v) is 5.88.